The van der Waals surface area contributed by atoms with Crippen molar-refractivity contribution >= 4 is 26.5 Å². The van der Waals surface area contributed by atoms with E-state index in [1.165, 1.54) is 11.3 Å². The van der Waals surface area contributed by atoms with Crippen LogP contribution in [-0.2, 0) is 16.4 Å². The summed E-state index contributed by atoms with van der Waals surface area (Å²) in [5, 5.41) is 2.76. The van der Waals surface area contributed by atoms with Gasteiger partial charge in [-0.2, -0.15) is 4.31 Å². The molecule has 0 N–H and O–H groups in total. The molecule has 0 unspecified atom stereocenters. The fourth-order valence-corrected chi connectivity index (χ4v) is 5.95. The third-order valence-electron chi connectivity index (χ3n) is 5.13. The zero-order valence-electron chi connectivity index (χ0n) is 16.8. The predicted molar refractivity (Wildman–Crippen MR) is 115 cm³/mol. The molecule has 0 amide bonds. The number of rotatable bonds is 6. The number of benzene rings is 2. The fourth-order valence-electron chi connectivity index (χ4n) is 3.54. The van der Waals surface area contributed by atoms with Gasteiger partial charge in [-0.1, -0.05) is 24.3 Å². The van der Waals surface area contributed by atoms with Crippen LogP contribution in [0.1, 0.15) is 11.3 Å². The molecule has 6 nitrogen and oxygen atoms in total. The Labute approximate surface area is 183 Å². The number of para-hydroxylation sites is 1. The summed E-state index contributed by atoms with van der Waals surface area (Å²) in [6.07, 6.45) is 0.626. The minimum Gasteiger partial charge on any atom is -0.496 e. The lowest BCUT2D eigenvalue weighted by Crippen LogP contribution is -2.49. The number of hydrogen-bond acceptors (Lipinski definition) is 6. The third-order valence-corrected chi connectivity index (χ3v) is 8.03. The van der Waals surface area contributed by atoms with Gasteiger partial charge in [-0.05, 0) is 18.2 Å². The summed E-state index contributed by atoms with van der Waals surface area (Å²) in [5.74, 6) is -1.36. The van der Waals surface area contributed by atoms with Crippen LogP contribution in [0.25, 0.3) is 0 Å². The predicted octanol–water partition coefficient (Wildman–Crippen LogP) is 3.53. The van der Waals surface area contributed by atoms with E-state index in [-0.39, 0.29) is 13.1 Å². The average molecular weight is 466 g/mol. The van der Waals surface area contributed by atoms with Crippen molar-refractivity contribution in [2.45, 2.75) is 11.3 Å². The van der Waals surface area contributed by atoms with Gasteiger partial charge < -0.3 is 9.64 Å². The molecule has 0 saturated carbocycles. The van der Waals surface area contributed by atoms with Gasteiger partial charge in [-0.15, -0.1) is 11.3 Å². The van der Waals surface area contributed by atoms with Gasteiger partial charge in [0, 0.05) is 43.5 Å². The Morgan fingerprint density at radius 2 is 1.71 bits per heavy atom. The third kappa shape index (κ3) is 4.41. The molecule has 1 saturated heterocycles. The van der Waals surface area contributed by atoms with Crippen molar-refractivity contribution in [3.63, 3.8) is 0 Å². The number of thiazole rings is 1. The zero-order valence-corrected chi connectivity index (χ0v) is 18.4. The summed E-state index contributed by atoms with van der Waals surface area (Å²) in [6, 6.07) is 10.8. The number of sulfonamides is 1. The Hall–Kier alpha value is -2.56. The van der Waals surface area contributed by atoms with Crippen LogP contribution in [0.15, 0.2) is 52.7 Å². The number of aromatic nitrogens is 1. The molecule has 0 atom stereocenters. The standard InChI is InChI=1S/C21H21F2N3O3S2/c1-29-19-8-3-2-5-15(19)13-16-14-30-21(24-16)25-9-11-26(12-10-25)31(27,28)20-17(22)6-4-7-18(20)23/h2-8,14H,9-13H2,1H3. The van der Waals surface area contributed by atoms with Gasteiger partial charge in [0.15, 0.2) is 10.0 Å². The van der Waals surface area contributed by atoms with E-state index in [1.54, 1.807) is 7.11 Å². The topological polar surface area (TPSA) is 62.7 Å². The minimum absolute atomic E-state index is 0.123. The first kappa shape index (κ1) is 21.7. The van der Waals surface area contributed by atoms with Crippen molar-refractivity contribution in [2.75, 3.05) is 38.2 Å². The second kappa shape index (κ2) is 8.89. The van der Waals surface area contributed by atoms with Crippen molar-refractivity contribution in [3.8, 4) is 5.75 Å². The number of nitrogens with zero attached hydrogens (tertiary/aromatic N) is 3. The average Bonchev–Trinajstić information content (AvgIpc) is 3.22. The maximum absolute atomic E-state index is 14.0. The number of halogens is 2. The SMILES string of the molecule is COc1ccccc1Cc1csc(N2CCN(S(=O)(=O)c3c(F)cccc3F)CC2)n1. The summed E-state index contributed by atoms with van der Waals surface area (Å²) in [7, 11) is -2.62. The van der Waals surface area contributed by atoms with Gasteiger partial charge in [-0.3, -0.25) is 0 Å². The summed E-state index contributed by atoms with van der Waals surface area (Å²) < 4.78 is 60.0. The highest BCUT2D eigenvalue weighted by Crippen LogP contribution is 2.28. The van der Waals surface area contributed by atoms with Crippen molar-refractivity contribution < 1.29 is 21.9 Å². The molecular formula is C21H21F2N3O3S2. The largest absolute Gasteiger partial charge is 0.496 e. The molecule has 0 spiro atoms. The number of anilines is 1. The number of hydrogen-bond donors (Lipinski definition) is 0. The van der Waals surface area contributed by atoms with Gasteiger partial charge in [0.05, 0.1) is 12.8 Å². The minimum atomic E-state index is -4.25. The molecule has 3 aromatic rings. The van der Waals surface area contributed by atoms with Crippen molar-refractivity contribution in [1.82, 2.24) is 9.29 Å². The molecule has 0 aliphatic carbocycles. The van der Waals surface area contributed by atoms with Crippen LogP contribution < -0.4 is 9.64 Å². The molecule has 1 aliphatic heterocycles. The van der Waals surface area contributed by atoms with Crippen LogP contribution in [0.4, 0.5) is 13.9 Å². The van der Waals surface area contributed by atoms with Crippen LogP contribution in [0.2, 0.25) is 0 Å². The molecule has 1 aliphatic rings. The molecule has 4 rings (SSSR count). The molecule has 0 radical (unpaired) electrons. The maximum atomic E-state index is 14.0. The molecule has 164 valence electrons. The second-order valence-electron chi connectivity index (χ2n) is 7.05. The second-order valence-corrected chi connectivity index (χ2v) is 9.76. The van der Waals surface area contributed by atoms with E-state index in [0.29, 0.717) is 19.5 Å². The molecule has 1 fully saturated rings. The van der Waals surface area contributed by atoms with E-state index in [2.05, 4.69) is 4.98 Å². The van der Waals surface area contributed by atoms with Crippen molar-refractivity contribution in [3.05, 3.63) is 70.7 Å². The summed E-state index contributed by atoms with van der Waals surface area (Å²) in [4.78, 5) is 5.77. The first-order valence-corrected chi connectivity index (χ1v) is 12.0. The van der Waals surface area contributed by atoms with Gasteiger partial charge in [0.25, 0.3) is 0 Å². The Kier molecular flexibility index (Phi) is 6.22. The van der Waals surface area contributed by atoms with E-state index in [4.69, 9.17) is 4.74 Å². The maximum Gasteiger partial charge on any atom is 0.249 e. The van der Waals surface area contributed by atoms with Gasteiger partial charge >= 0.3 is 0 Å². The monoisotopic (exact) mass is 465 g/mol. The molecule has 0 bridgehead atoms. The Bertz CT molecular complexity index is 1160. The van der Waals surface area contributed by atoms with Gasteiger partial charge in [-0.25, -0.2) is 22.2 Å². The number of piperazine rings is 1. The summed E-state index contributed by atoms with van der Waals surface area (Å²) in [5.41, 5.74) is 1.93. The zero-order chi connectivity index (χ0) is 22.0. The molecule has 31 heavy (non-hydrogen) atoms. The van der Waals surface area contributed by atoms with E-state index >= 15 is 0 Å². The Morgan fingerprint density at radius 3 is 2.39 bits per heavy atom. The van der Waals surface area contributed by atoms with Crippen LogP contribution >= 0.6 is 11.3 Å². The van der Waals surface area contributed by atoms with Gasteiger partial charge in [0.1, 0.15) is 17.4 Å². The smallest absolute Gasteiger partial charge is 0.249 e. The van der Waals surface area contributed by atoms with Crippen molar-refractivity contribution in [1.29, 1.82) is 0 Å². The van der Waals surface area contributed by atoms with Crippen LogP contribution in [0.5, 0.6) is 5.75 Å². The Balaban J connectivity index is 1.44. The summed E-state index contributed by atoms with van der Waals surface area (Å²) >= 11 is 1.48. The molecule has 2 heterocycles. The van der Waals surface area contributed by atoms with E-state index < -0.39 is 26.6 Å². The quantitative estimate of drug-likeness (QED) is 0.557. The van der Waals surface area contributed by atoms with E-state index in [0.717, 1.165) is 44.6 Å². The normalized spacial score (nSPS) is 15.3. The number of ether oxygens (including phenoxy) is 1. The van der Waals surface area contributed by atoms with Crippen molar-refractivity contribution in [2.24, 2.45) is 0 Å². The lowest BCUT2D eigenvalue weighted by Gasteiger charge is -2.33. The molecular weight excluding hydrogens is 444 g/mol. The van der Waals surface area contributed by atoms with Crippen LogP contribution in [0, 0.1) is 11.6 Å². The molecule has 1 aromatic heterocycles. The van der Waals surface area contributed by atoms with Gasteiger partial charge in [0.2, 0.25) is 10.0 Å². The first-order valence-electron chi connectivity index (χ1n) is 9.65. The lowest BCUT2D eigenvalue weighted by molar-refractivity contribution is 0.378. The lowest BCUT2D eigenvalue weighted by atomic mass is 10.1. The number of methoxy groups -OCH3 is 1. The van der Waals surface area contributed by atoms with E-state index in [9.17, 15) is 17.2 Å². The highest BCUT2D eigenvalue weighted by atomic mass is 32.2. The highest BCUT2D eigenvalue weighted by molar-refractivity contribution is 7.89. The van der Waals surface area contributed by atoms with Crippen LogP contribution in [0.3, 0.4) is 0 Å². The Morgan fingerprint density at radius 1 is 1.03 bits per heavy atom. The first-order chi connectivity index (χ1) is 14.9. The fraction of sp³-hybridized carbons (Fsp3) is 0.286. The molecule has 2 aromatic carbocycles. The highest BCUT2D eigenvalue weighted by Gasteiger charge is 2.33. The van der Waals surface area contributed by atoms with Crippen LogP contribution in [-0.4, -0.2) is 51.0 Å². The summed E-state index contributed by atoms with van der Waals surface area (Å²) in [6.45, 7) is 1.02. The molecule has 10 heteroatoms. The van der Waals surface area contributed by atoms with E-state index in [1.807, 2.05) is 34.5 Å².